The van der Waals surface area contributed by atoms with E-state index in [-0.39, 0.29) is 40.0 Å². The number of alkyl carbamates (subject to hydrolysis) is 1. The van der Waals surface area contributed by atoms with Crippen LogP contribution in [0.5, 0.6) is 0 Å². The van der Waals surface area contributed by atoms with Crippen LogP contribution in [0.25, 0.3) is 0 Å². The van der Waals surface area contributed by atoms with Gasteiger partial charge in [0.2, 0.25) is 11.8 Å². The number of benzene rings is 2. The highest BCUT2D eigenvalue weighted by molar-refractivity contribution is 7.90. The van der Waals surface area contributed by atoms with Gasteiger partial charge in [-0.05, 0) is 107 Å². The van der Waals surface area contributed by atoms with Gasteiger partial charge in [-0.25, -0.2) is 22.3 Å². The Balaban J connectivity index is 1.23. The number of anilines is 1. The van der Waals surface area contributed by atoms with Gasteiger partial charge in [-0.1, -0.05) is 50.3 Å². The van der Waals surface area contributed by atoms with Crippen LogP contribution < -0.4 is 15.4 Å². The number of carbonyl (C=O) groups excluding carboxylic acids is 4. The second kappa shape index (κ2) is 16.6. The van der Waals surface area contributed by atoms with E-state index in [1.165, 1.54) is 30.7 Å². The highest BCUT2D eigenvalue weighted by Gasteiger charge is 2.47. The van der Waals surface area contributed by atoms with Crippen LogP contribution in [-0.2, 0) is 24.3 Å². The van der Waals surface area contributed by atoms with E-state index in [1.807, 2.05) is 0 Å². The molecule has 3 fully saturated rings. The summed E-state index contributed by atoms with van der Waals surface area (Å²) in [7, 11) is -4.05. The van der Waals surface area contributed by atoms with E-state index in [0.29, 0.717) is 43.8 Å². The van der Waals surface area contributed by atoms with Crippen molar-refractivity contribution in [1.29, 1.82) is 0 Å². The molecule has 13 heteroatoms. The van der Waals surface area contributed by atoms with Crippen molar-refractivity contribution in [2.75, 3.05) is 18.5 Å². The van der Waals surface area contributed by atoms with Gasteiger partial charge in [0.25, 0.3) is 15.9 Å². The Morgan fingerprint density at radius 3 is 2.14 bits per heavy atom. The minimum atomic E-state index is -4.05. The Kier molecular flexibility index (Phi) is 12.4. The number of ether oxygens (including phenoxy) is 1. The first-order chi connectivity index (χ1) is 24.3. The van der Waals surface area contributed by atoms with Gasteiger partial charge in [0.1, 0.15) is 18.3 Å². The van der Waals surface area contributed by atoms with E-state index >= 15 is 0 Å². The number of sulfonamides is 1. The average molecular weight is 727 g/mol. The molecule has 11 nitrogen and oxygen atoms in total. The Morgan fingerprint density at radius 2 is 1.53 bits per heavy atom. The van der Waals surface area contributed by atoms with Gasteiger partial charge in [-0.15, -0.1) is 0 Å². The summed E-state index contributed by atoms with van der Waals surface area (Å²) in [5.74, 6) is -1.20. The number of carbonyl (C=O) groups is 4. The van der Waals surface area contributed by atoms with Crippen molar-refractivity contribution < 1.29 is 36.7 Å². The van der Waals surface area contributed by atoms with Crippen molar-refractivity contribution in [3.63, 3.8) is 0 Å². The molecular weight excluding hydrogens is 676 g/mol. The van der Waals surface area contributed by atoms with E-state index in [2.05, 4.69) is 15.4 Å². The van der Waals surface area contributed by atoms with E-state index in [9.17, 15) is 32.0 Å². The summed E-state index contributed by atoms with van der Waals surface area (Å²) >= 11 is 0. The topological polar surface area (TPSA) is 151 Å². The molecule has 0 aromatic heterocycles. The molecule has 0 bridgehead atoms. The standard InChI is InChI=1S/C38H51FN4O7S/c1-38(2,3)50-37(47)41-32(24-39)26-14-16-28(17-15-26)36(46)43-23-22-31(25-10-6-4-7-11-25)33(43)35(45)40-29-20-18-27(19-21-29)34(44)42-51(48,49)30-12-8-5-9-13-30/h5,8-9,12-13,18-21,25-26,28,31-33H,4,6-7,10-11,14-17,22-24H2,1-3H3,(H,40,45)(H,41,47)(H,42,44)/t26-,28-,31-,32+,33-/m0/s1. The molecule has 1 aliphatic heterocycles. The van der Waals surface area contributed by atoms with Crippen molar-refractivity contribution in [2.24, 2.45) is 23.7 Å². The number of likely N-dealkylation sites (tertiary alicyclic amines) is 1. The number of hydrogen-bond donors (Lipinski definition) is 3. The lowest BCUT2D eigenvalue weighted by Crippen LogP contribution is -2.50. The van der Waals surface area contributed by atoms with Crippen LogP contribution in [0.15, 0.2) is 59.5 Å². The van der Waals surface area contributed by atoms with Gasteiger partial charge >= 0.3 is 6.09 Å². The number of alkyl halides is 1. The third kappa shape index (κ3) is 9.87. The maximum atomic E-state index is 14.1. The van der Waals surface area contributed by atoms with E-state index in [1.54, 1.807) is 56.0 Å². The molecule has 5 rings (SSSR count). The third-order valence-electron chi connectivity index (χ3n) is 10.5. The van der Waals surface area contributed by atoms with Crippen LogP contribution >= 0.6 is 0 Å². The Hall–Kier alpha value is -4.00. The van der Waals surface area contributed by atoms with Crippen LogP contribution in [0.2, 0.25) is 0 Å². The zero-order valence-corrected chi connectivity index (χ0v) is 30.6. The highest BCUT2D eigenvalue weighted by Crippen LogP contribution is 2.41. The monoisotopic (exact) mass is 726 g/mol. The van der Waals surface area contributed by atoms with Crippen LogP contribution in [-0.4, -0.2) is 68.0 Å². The van der Waals surface area contributed by atoms with Crippen LogP contribution in [0, 0.1) is 23.7 Å². The minimum absolute atomic E-state index is 0.0211. The highest BCUT2D eigenvalue weighted by atomic mass is 32.2. The second-order valence-corrected chi connectivity index (χ2v) is 16.8. The third-order valence-corrected chi connectivity index (χ3v) is 11.9. The maximum absolute atomic E-state index is 14.1. The number of halogens is 1. The summed E-state index contributed by atoms with van der Waals surface area (Å²) in [5, 5.41) is 5.64. The Bertz CT molecular complexity index is 1630. The molecule has 51 heavy (non-hydrogen) atoms. The van der Waals surface area contributed by atoms with Gasteiger partial charge in [-0.3, -0.25) is 14.4 Å². The van der Waals surface area contributed by atoms with Crippen molar-refractivity contribution >= 4 is 39.5 Å². The zero-order chi connectivity index (χ0) is 36.8. The molecule has 2 saturated carbocycles. The van der Waals surface area contributed by atoms with Crippen LogP contribution in [0.4, 0.5) is 14.9 Å². The SMILES string of the molecule is CC(C)(C)OC(=O)N[C@H](CF)[C@H]1CC[C@H](C(=O)N2CC[C@@H](C3CCCCC3)[C@H]2C(=O)Nc2ccc(C(=O)NS(=O)(=O)c3ccccc3)cc2)CC1. The van der Waals surface area contributed by atoms with Crippen molar-refractivity contribution in [3.8, 4) is 0 Å². The maximum Gasteiger partial charge on any atom is 0.407 e. The summed E-state index contributed by atoms with van der Waals surface area (Å²) in [5.41, 5.74) is -0.159. The van der Waals surface area contributed by atoms with Gasteiger partial charge in [0.05, 0.1) is 10.9 Å². The van der Waals surface area contributed by atoms with Crippen molar-refractivity contribution in [1.82, 2.24) is 14.9 Å². The molecule has 0 spiro atoms. The number of nitrogens with zero attached hydrogens (tertiary/aromatic N) is 1. The molecule has 0 unspecified atom stereocenters. The summed E-state index contributed by atoms with van der Waals surface area (Å²) in [6.07, 6.45) is 7.72. The number of amides is 4. The fourth-order valence-electron chi connectivity index (χ4n) is 7.96. The molecule has 2 aliphatic carbocycles. The molecule has 1 heterocycles. The molecule has 4 amide bonds. The first-order valence-corrected chi connectivity index (χ1v) is 19.6. The predicted molar refractivity (Wildman–Crippen MR) is 191 cm³/mol. The molecule has 2 aromatic carbocycles. The smallest absolute Gasteiger partial charge is 0.407 e. The van der Waals surface area contributed by atoms with Gasteiger partial charge in [0.15, 0.2) is 0 Å². The first-order valence-electron chi connectivity index (χ1n) is 18.1. The molecule has 278 valence electrons. The lowest BCUT2D eigenvalue weighted by Gasteiger charge is -2.37. The number of nitrogens with one attached hydrogen (secondary N) is 3. The molecule has 3 atom stereocenters. The number of hydrogen-bond acceptors (Lipinski definition) is 7. The number of rotatable bonds is 10. The molecular formula is C38H51FN4O7S. The largest absolute Gasteiger partial charge is 0.444 e. The normalized spacial score (nSPS) is 23.6. The minimum Gasteiger partial charge on any atom is -0.444 e. The molecule has 3 aliphatic rings. The molecule has 2 aromatic rings. The molecule has 0 radical (unpaired) electrons. The quantitative estimate of drug-likeness (QED) is 0.264. The fourth-order valence-corrected chi connectivity index (χ4v) is 8.96. The van der Waals surface area contributed by atoms with Gasteiger partial charge in [0, 0.05) is 23.7 Å². The van der Waals surface area contributed by atoms with Crippen molar-refractivity contribution in [3.05, 3.63) is 60.2 Å². The Labute approximate surface area is 300 Å². The lowest BCUT2D eigenvalue weighted by atomic mass is 9.76. The van der Waals surface area contributed by atoms with Crippen molar-refractivity contribution in [2.45, 2.75) is 108 Å². The molecule has 1 saturated heterocycles. The summed E-state index contributed by atoms with van der Waals surface area (Å²) in [4.78, 5) is 55.0. The fraction of sp³-hybridized carbons (Fsp3) is 0.579. The predicted octanol–water partition coefficient (Wildman–Crippen LogP) is 6.21. The van der Waals surface area contributed by atoms with Crippen LogP contribution in [0.1, 0.15) is 95.3 Å². The Morgan fingerprint density at radius 1 is 0.882 bits per heavy atom. The first kappa shape index (κ1) is 38.2. The van der Waals surface area contributed by atoms with E-state index in [4.69, 9.17) is 4.74 Å². The second-order valence-electron chi connectivity index (χ2n) is 15.2. The average Bonchev–Trinajstić information content (AvgIpc) is 3.56. The van der Waals surface area contributed by atoms with Gasteiger partial charge < -0.3 is 20.3 Å². The van der Waals surface area contributed by atoms with Crippen LogP contribution in [0.3, 0.4) is 0 Å². The van der Waals surface area contributed by atoms with E-state index in [0.717, 1.165) is 32.1 Å². The summed E-state index contributed by atoms with van der Waals surface area (Å²) < 4.78 is 46.7. The van der Waals surface area contributed by atoms with Gasteiger partial charge in [-0.2, -0.15) is 0 Å². The summed E-state index contributed by atoms with van der Waals surface area (Å²) in [6, 6.07) is 12.2. The summed E-state index contributed by atoms with van der Waals surface area (Å²) in [6.45, 7) is 5.01. The zero-order valence-electron chi connectivity index (χ0n) is 29.7. The lowest BCUT2D eigenvalue weighted by molar-refractivity contribution is -0.142. The molecule has 3 N–H and O–H groups in total. The van der Waals surface area contributed by atoms with E-state index < -0.39 is 46.4 Å².